The molecule has 1 nitrogen and oxygen atoms in total. The van der Waals surface area contributed by atoms with Gasteiger partial charge in [0.1, 0.15) is 0 Å². The topological polar surface area (TPSA) is 12.0 Å². The van der Waals surface area contributed by atoms with Gasteiger partial charge < -0.3 is 5.32 Å². The van der Waals surface area contributed by atoms with Crippen molar-refractivity contribution in [1.29, 1.82) is 0 Å². The summed E-state index contributed by atoms with van der Waals surface area (Å²) < 4.78 is 0. The van der Waals surface area contributed by atoms with Crippen LogP contribution in [0.3, 0.4) is 0 Å². The second-order valence-electron chi connectivity index (χ2n) is 5.97. The first-order valence-electron chi connectivity index (χ1n) is 7.55. The number of fused-ring (bicyclic) bond motifs is 2. The predicted molar refractivity (Wildman–Crippen MR) is 89.3 cm³/mol. The summed E-state index contributed by atoms with van der Waals surface area (Å²) in [5.74, 6) is 3.40. The van der Waals surface area contributed by atoms with E-state index in [0.29, 0.717) is 6.04 Å². The van der Waals surface area contributed by atoms with E-state index in [2.05, 4.69) is 55.2 Å². The van der Waals surface area contributed by atoms with Crippen LogP contribution in [-0.4, -0.2) is 11.8 Å². The zero-order chi connectivity index (χ0) is 13.9. The van der Waals surface area contributed by atoms with Gasteiger partial charge in [-0.1, -0.05) is 30.4 Å². The molecule has 0 aromatic heterocycles. The van der Waals surface area contributed by atoms with Crippen molar-refractivity contribution in [2.24, 2.45) is 17.8 Å². The molecular weight excluding hydrogens is 262 g/mol. The summed E-state index contributed by atoms with van der Waals surface area (Å²) >= 11 is 1.85. The monoisotopic (exact) mass is 285 g/mol. The quantitative estimate of drug-likeness (QED) is 0.584. The Balaban J connectivity index is 1.68. The zero-order valence-corrected chi connectivity index (χ0v) is 12.9. The molecule has 106 valence electrons. The highest BCUT2D eigenvalue weighted by Gasteiger charge is 2.38. The molecule has 0 radical (unpaired) electrons. The lowest BCUT2D eigenvalue weighted by Crippen LogP contribution is -2.29. The Morgan fingerprint density at radius 3 is 2.90 bits per heavy atom. The number of anilines is 1. The Kier molecular flexibility index (Phi) is 4.21. The third-order valence-electron chi connectivity index (χ3n) is 4.60. The normalized spacial score (nSPS) is 28.6. The molecule has 0 saturated heterocycles. The minimum Gasteiger partial charge on any atom is -0.381 e. The van der Waals surface area contributed by atoms with Gasteiger partial charge in [-0.2, -0.15) is 0 Å². The molecule has 4 unspecified atom stereocenters. The number of hydrogen-bond acceptors (Lipinski definition) is 2. The average Bonchev–Trinajstić information content (AvgIpc) is 3.09. The molecule has 1 saturated carbocycles. The molecule has 0 amide bonds. The van der Waals surface area contributed by atoms with Crippen LogP contribution in [0.5, 0.6) is 0 Å². The molecule has 2 aliphatic carbocycles. The van der Waals surface area contributed by atoms with Gasteiger partial charge in [-0.15, -0.1) is 18.3 Å². The number of hydrogen-bond donors (Lipinski definition) is 1. The van der Waals surface area contributed by atoms with Crippen molar-refractivity contribution in [3.8, 4) is 0 Å². The minimum atomic E-state index is 0.542. The standard InChI is InChI=1S/C18H23NS/c1-3-10-20-18-7-5-4-6-17(18)19-13(2)16-12-14-8-9-15(16)11-14/h3-9,13-16,19H,1,10-12H2,2H3. The van der Waals surface area contributed by atoms with E-state index in [0.717, 1.165) is 23.5 Å². The highest BCUT2D eigenvalue weighted by atomic mass is 32.2. The van der Waals surface area contributed by atoms with Crippen LogP contribution in [0.4, 0.5) is 5.69 Å². The van der Waals surface area contributed by atoms with Crippen LogP contribution in [-0.2, 0) is 0 Å². The van der Waals surface area contributed by atoms with E-state index in [1.54, 1.807) is 0 Å². The van der Waals surface area contributed by atoms with E-state index in [1.807, 2.05) is 17.8 Å². The van der Waals surface area contributed by atoms with Gasteiger partial charge in [0.05, 0.1) is 0 Å². The number of nitrogens with one attached hydrogen (secondary N) is 1. The third kappa shape index (κ3) is 2.80. The fraction of sp³-hybridized carbons (Fsp3) is 0.444. The second kappa shape index (κ2) is 6.09. The highest BCUT2D eigenvalue weighted by Crippen LogP contribution is 2.45. The summed E-state index contributed by atoms with van der Waals surface area (Å²) in [4.78, 5) is 1.33. The maximum absolute atomic E-state index is 3.81. The molecule has 1 aromatic carbocycles. The number of rotatable bonds is 6. The summed E-state index contributed by atoms with van der Waals surface area (Å²) in [6, 6.07) is 9.17. The van der Waals surface area contributed by atoms with Crippen molar-refractivity contribution in [1.82, 2.24) is 0 Å². The number of para-hydroxylation sites is 1. The second-order valence-corrected chi connectivity index (χ2v) is 7.03. The fourth-order valence-electron chi connectivity index (χ4n) is 3.61. The molecule has 4 atom stereocenters. The summed E-state index contributed by atoms with van der Waals surface area (Å²) in [7, 11) is 0. The van der Waals surface area contributed by atoms with Crippen LogP contribution in [0.2, 0.25) is 0 Å². The Labute approximate surface area is 126 Å². The molecule has 20 heavy (non-hydrogen) atoms. The van der Waals surface area contributed by atoms with Gasteiger partial charge in [0.15, 0.2) is 0 Å². The van der Waals surface area contributed by atoms with Gasteiger partial charge in [0.25, 0.3) is 0 Å². The average molecular weight is 285 g/mol. The molecule has 3 rings (SSSR count). The number of thioether (sulfide) groups is 1. The first-order valence-corrected chi connectivity index (χ1v) is 8.54. The van der Waals surface area contributed by atoms with E-state index in [1.165, 1.54) is 23.4 Å². The minimum absolute atomic E-state index is 0.542. The van der Waals surface area contributed by atoms with E-state index in [-0.39, 0.29) is 0 Å². The number of allylic oxidation sites excluding steroid dienone is 2. The van der Waals surface area contributed by atoms with Crippen molar-refractivity contribution >= 4 is 17.4 Å². The van der Waals surface area contributed by atoms with Gasteiger partial charge >= 0.3 is 0 Å². The van der Waals surface area contributed by atoms with Gasteiger partial charge in [-0.25, -0.2) is 0 Å². The van der Waals surface area contributed by atoms with E-state index >= 15 is 0 Å². The van der Waals surface area contributed by atoms with Crippen LogP contribution >= 0.6 is 11.8 Å². The van der Waals surface area contributed by atoms with E-state index in [4.69, 9.17) is 0 Å². The van der Waals surface area contributed by atoms with Crippen LogP contribution < -0.4 is 5.32 Å². The lowest BCUT2D eigenvalue weighted by Gasteiger charge is -2.28. The smallest absolute Gasteiger partial charge is 0.0480 e. The van der Waals surface area contributed by atoms with Crippen molar-refractivity contribution in [3.63, 3.8) is 0 Å². The summed E-state index contributed by atoms with van der Waals surface area (Å²) in [6.07, 6.45) is 9.56. The first kappa shape index (κ1) is 13.8. The zero-order valence-electron chi connectivity index (χ0n) is 12.1. The molecule has 0 spiro atoms. The molecule has 1 aromatic rings. The van der Waals surface area contributed by atoms with Crippen LogP contribution in [0.1, 0.15) is 19.8 Å². The molecule has 0 heterocycles. The molecular formula is C18H23NS. The fourth-order valence-corrected chi connectivity index (χ4v) is 4.37. The Hall–Kier alpha value is -1.15. The summed E-state index contributed by atoms with van der Waals surface area (Å²) in [5.41, 5.74) is 1.28. The van der Waals surface area contributed by atoms with Crippen LogP contribution in [0, 0.1) is 17.8 Å². The Morgan fingerprint density at radius 2 is 2.20 bits per heavy atom. The van der Waals surface area contributed by atoms with E-state index < -0.39 is 0 Å². The first-order chi connectivity index (χ1) is 9.78. The van der Waals surface area contributed by atoms with Crippen molar-refractivity contribution in [2.45, 2.75) is 30.7 Å². The SMILES string of the molecule is C=CCSc1ccccc1NC(C)C1CC2C=CC1C2. The van der Waals surface area contributed by atoms with Gasteiger partial charge in [0.2, 0.25) is 0 Å². The molecule has 1 fully saturated rings. The predicted octanol–water partition coefficient (Wildman–Crippen LogP) is 4.98. The van der Waals surface area contributed by atoms with Gasteiger partial charge in [-0.3, -0.25) is 0 Å². The highest BCUT2D eigenvalue weighted by molar-refractivity contribution is 7.99. The summed E-state index contributed by atoms with van der Waals surface area (Å²) in [5, 5.41) is 3.76. The van der Waals surface area contributed by atoms with Gasteiger partial charge in [0, 0.05) is 22.4 Å². The van der Waals surface area contributed by atoms with Crippen LogP contribution in [0.15, 0.2) is 54.0 Å². The third-order valence-corrected chi connectivity index (χ3v) is 5.67. The summed E-state index contributed by atoms with van der Waals surface area (Å²) in [6.45, 7) is 6.15. The van der Waals surface area contributed by atoms with Crippen molar-refractivity contribution in [2.75, 3.05) is 11.1 Å². The molecule has 1 N–H and O–H groups in total. The maximum atomic E-state index is 3.81. The van der Waals surface area contributed by atoms with Crippen molar-refractivity contribution < 1.29 is 0 Å². The maximum Gasteiger partial charge on any atom is 0.0480 e. The Bertz CT molecular complexity index is 508. The molecule has 2 heteroatoms. The van der Waals surface area contributed by atoms with E-state index in [9.17, 15) is 0 Å². The molecule has 2 aliphatic rings. The lowest BCUT2D eigenvalue weighted by molar-refractivity contribution is 0.399. The Morgan fingerprint density at radius 1 is 1.35 bits per heavy atom. The largest absolute Gasteiger partial charge is 0.381 e. The number of benzene rings is 1. The van der Waals surface area contributed by atoms with Gasteiger partial charge in [-0.05, 0) is 49.7 Å². The van der Waals surface area contributed by atoms with Crippen LogP contribution in [0.25, 0.3) is 0 Å². The molecule has 0 aliphatic heterocycles. The molecule has 2 bridgehead atoms. The lowest BCUT2D eigenvalue weighted by atomic mass is 9.87. The van der Waals surface area contributed by atoms with Crippen molar-refractivity contribution in [3.05, 3.63) is 49.1 Å².